The van der Waals surface area contributed by atoms with Crippen molar-refractivity contribution in [2.75, 3.05) is 45.7 Å². The monoisotopic (exact) mass is 488 g/mol. The van der Waals surface area contributed by atoms with Gasteiger partial charge in [-0.15, -0.1) is 0 Å². The van der Waals surface area contributed by atoms with E-state index in [-0.39, 0.29) is 48.4 Å². The van der Waals surface area contributed by atoms with Gasteiger partial charge in [0.1, 0.15) is 12.4 Å². The first-order valence-electron chi connectivity index (χ1n) is 12.7. The summed E-state index contributed by atoms with van der Waals surface area (Å²) in [5.74, 6) is 0.227. The summed E-state index contributed by atoms with van der Waals surface area (Å²) in [4.78, 5) is 42.2. The van der Waals surface area contributed by atoms with E-state index in [0.29, 0.717) is 36.6 Å². The van der Waals surface area contributed by atoms with E-state index in [4.69, 9.17) is 9.47 Å². The van der Waals surface area contributed by atoms with Crippen molar-refractivity contribution < 1.29 is 23.9 Å². The van der Waals surface area contributed by atoms with Gasteiger partial charge in [0.15, 0.2) is 0 Å². The van der Waals surface area contributed by atoms with Crippen LogP contribution in [0.2, 0.25) is 0 Å². The molecule has 3 atom stereocenters. The molecule has 0 bridgehead atoms. The van der Waals surface area contributed by atoms with Crippen LogP contribution in [-0.4, -0.2) is 80.2 Å². The van der Waals surface area contributed by atoms with Crippen molar-refractivity contribution in [1.29, 1.82) is 0 Å². The van der Waals surface area contributed by atoms with E-state index in [1.165, 1.54) is 0 Å². The molecule has 4 amide bonds. The van der Waals surface area contributed by atoms with Crippen LogP contribution >= 0.6 is 0 Å². The molecule has 0 aromatic heterocycles. The van der Waals surface area contributed by atoms with Gasteiger partial charge in [-0.05, 0) is 44.4 Å². The van der Waals surface area contributed by atoms with Crippen LogP contribution in [0.5, 0.6) is 5.75 Å². The normalized spacial score (nSPS) is 23.8. The van der Waals surface area contributed by atoms with Crippen molar-refractivity contribution in [3.8, 4) is 5.75 Å². The molecule has 1 aromatic carbocycles. The highest BCUT2D eigenvalue weighted by Crippen LogP contribution is 2.30. The first kappa shape index (κ1) is 26.8. The van der Waals surface area contributed by atoms with E-state index in [2.05, 4.69) is 10.6 Å². The third-order valence-corrected chi connectivity index (χ3v) is 6.98. The number of amides is 4. The Hall–Kier alpha value is -2.81. The first-order chi connectivity index (χ1) is 16.7. The summed E-state index contributed by atoms with van der Waals surface area (Å²) in [6.45, 7) is 7.62. The molecule has 1 aliphatic heterocycles. The summed E-state index contributed by atoms with van der Waals surface area (Å²) in [6.07, 6.45) is 3.46. The van der Waals surface area contributed by atoms with Gasteiger partial charge in [-0.1, -0.05) is 20.3 Å². The van der Waals surface area contributed by atoms with Gasteiger partial charge in [0.2, 0.25) is 5.91 Å². The van der Waals surface area contributed by atoms with E-state index in [9.17, 15) is 14.4 Å². The molecular weight excluding hydrogens is 448 g/mol. The molecule has 1 heterocycles. The summed E-state index contributed by atoms with van der Waals surface area (Å²) < 4.78 is 11.8. The van der Waals surface area contributed by atoms with Gasteiger partial charge >= 0.3 is 6.03 Å². The zero-order valence-electron chi connectivity index (χ0n) is 21.6. The molecule has 0 radical (unpaired) electrons. The second kappa shape index (κ2) is 12.2. The summed E-state index contributed by atoms with van der Waals surface area (Å²) in [7, 11) is 3.35. The largest absolute Gasteiger partial charge is 0.491 e. The highest BCUT2D eigenvalue weighted by molar-refractivity contribution is 6.00. The number of ether oxygens (including phenoxy) is 2. The zero-order chi connectivity index (χ0) is 25.5. The number of nitrogens with zero attached hydrogens (tertiary/aromatic N) is 2. The topological polar surface area (TPSA) is 100 Å². The molecule has 9 nitrogen and oxygen atoms in total. The minimum absolute atomic E-state index is 0.0123. The predicted octanol–water partition coefficient (Wildman–Crippen LogP) is 3.35. The number of rotatable bonds is 5. The molecule has 1 saturated carbocycles. The molecular formula is C26H40N4O5. The van der Waals surface area contributed by atoms with Crippen molar-refractivity contribution in [3.05, 3.63) is 23.8 Å². The molecule has 0 unspecified atom stereocenters. The van der Waals surface area contributed by atoms with Gasteiger partial charge in [0.25, 0.3) is 5.91 Å². The summed E-state index contributed by atoms with van der Waals surface area (Å²) in [6, 6.07) is 4.78. The molecule has 0 spiro atoms. The number of fused-ring (bicyclic) bond motifs is 1. The number of likely N-dealkylation sites (N-methyl/N-ethyl adjacent to an activating group) is 1. The van der Waals surface area contributed by atoms with Gasteiger partial charge < -0.3 is 29.9 Å². The third kappa shape index (κ3) is 6.66. The molecule has 1 aromatic rings. The quantitative estimate of drug-likeness (QED) is 0.662. The van der Waals surface area contributed by atoms with Crippen molar-refractivity contribution in [2.24, 2.45) is 11.8 Å². The first-order valence-corrected chi connectivity index (χ1v) is 12.7. The van der Waals surface area contributed by atoms with E-state index in [0.717, 1.165) is 25.7 Å². The third-order valence-electron chi connectivity index (χ3n) is 6.98. The van der Waals surface area contributed by atoms with Crippen LogP contribution in [0.4, 0.5) is 10.5 Å². The molecule has 9 heteroatoms. The number of methoxy groups -OCH3 is 1. The highest BCUT2D eigenvalue weighted by atomic mass is 16.5. The highest BCUT2D eigenvalue weighted by Gasteiger charge is 2.31. The van der Waals surface area contributed by atoms with Crippen molar-refractivity contribution >= 4 is 23.5 Å². The average Bonchev–Trinajstić information content (AvgIpc) is 2.80. The number of hydrogen-bond acceptors (Lipinski definition) is 5. The van der Waals surface area contributed by atoms with Gasteiger partial charge in [-0.25, -0.2) is 4.79 Å². The summed E-state index contributed by atoms with van der Waals surface area (Å²) in [5.41, 5.74) is 0.944. The van der Waals surface area contributed by atoms with E-state index in [1.54, 1.807) is 42.2 Å². The van der Waals surface area contributed by atoms with Crippen LogP contribution in [0.1, 0.15) is 56.8 Å². The molecule has 1 aliphatic carbocycles. The van der Waals surface area contributed by atoms with Crippen LogP contribution < -0.4 is 15.4 Å². The number of carbonyl (C=O) groups excluding carboxylic acids is 3. The Morgan fingerprint density at radius 2 is 1.94 bits per heavy atom. The Morgan fingerprint density at radius 3 is 2.57 bits per heavy atom. The van der Waals surface area contributed by atoms with Crippen molar-refractivity contribution in [1.82, 2.24) is 15.1 Å². The number of carbonyl (C=O) groups is 3. The van der Waals surface area contributed by atoms with Crippen molar-refractivity contribution in [3.63, 3.8) is 0 Å². The lowest BCUT2D eigenvalue weighted by atomic mass is 9.85. The maximum Gasteiger partial charge on any atom is 0.317 e. The number of anilines is 1. The molecule has 2 aliphatic rings. The molecule has 1 fully saturated rings. The van der Waals surface area contributed by atoms with E-state index >= 15 is 0 Å². The number of nitrogens with one attached hydrogen (secondary N) is 2. The Kier molecular flexibility index (Phi) is 9.37. The maximum atomic E-state index is 13.4. The summed E-state index contributed by atoms with van der Waals surface area (Å²) in [5, 5.41) is 5.91. The van der Waals surface area contributed by atoms with Gasteiger partial charge in [-0.2, -0.15) is 0 Å². The number of hydrogen-bond donors (Lipinski definition) is 2. The lowest BCUT2D eigenvalue weighted by Gasteiger charge is -2.36. The van der Waals surface area contributed by atoms with E-state index in [1.807, 2.05) is 20.8 Å². The lowest BCUT2D eigenvalue weighted by molar-refractivity contribution is -0.122. The summed E-state index contributed by atoms with van der Waals surface area (Å²) >= 11 is 0. The molecule has 0 saturated heterocycles. The lowest BCUT2D eigenvalue weighted by Crippen LogP contribution is -2.51. The fourth-order valence-corrected chi connectivity index (χ4v) is 4.39. The SMILES string of the molecule is CCCNC(=O)N1C[C@@H](C)[C@@H](OC)CN(C)C(=O)c2cc(NC(=O)C3CCC3)ccc2OC[C@@H]1C. The Morgan fingerprint density at radius 1 is 1.20 bits per heavy atom. The predicted molar refractivity (Wildman–Crippen MR) is 135 cm³/mol. The molecule has 2 N–H and O–H groups in total. The average molecular weight is 489 g/mol. The Balaban J connectivity index is 1.89. The van der Waals surface area contributed by atoms with Gasteiger partial charge in [-0.3, -0.25) is 9.59 Å². The minimum atomic E-state index is -0.261. The maximum absolute atomic E-state index is 13.4. The number of benzene rings is 1. The molecule has 194 valence electrons. The van der Waals surface area contributed by atoms with Crippen LogP contribution in [0, 0.1) is 11.8 Å². The fourth-order valence-electron chi connectivity index (χ4n) is 4.39. The number of urea groups is 1. The standard InChI is InChI=1S/C26H40N4O5/c1-6-12-27-26(33)30-14-17(2)23(34-5)15-29(4)25(32)21-13-20(28-24(31)19-8-7-9-19)10-11-22(21)35-16-18(30)3/h10-11,13,17-19,23H,6-9,12,14-16H2,1-5H3,(H,27,33)(H,28,31)/t17-,18+,23+/m1/s1. The van der Waals surface area contributed by atoms with Crippen LogP contribution in [0.25, 0.3) is 0 Å². The van der Waals surface area contributed by atoms with Crippen molar-refractivity contribution in [2.45, 2.75) is 58.6 Å². The van der Waals surface area contributed by atoms with Crippen LogP contribution in [-0.2, 0) is 9.53 Å². The zero-order valence-corrected chi connectivity index (χ0v) is 21.6. The molecule has 35 heavy (non-hydrogen) atoms. The smallest absolute Gasteiger partial charge is 0.317 e. The Labute approximate surface area is 208 Å². The second-order valence-electron chi connectivity index (χ2n) is 9.81. The van der Waals surface area contributed by atoms with E-state index < -0.39 is 0 Å². The molecule has 3 rings (SSSR count). The fraction of sp³-hybridized carbons (Fsp3) is 0.654. The Bertz CT molecular complexity index is 904. The van der Waals surface area contributed by atoms with Gasteiger partial charge in [0, 0.05) is 51.3 Å². The van der Waals surface area contributed by atoms with Crippen LogP contribution in [0.3, 0.4) is 0 Å². The second-order valence-corrected chi connectivity index (χ2v) is 9.81. The minimum Gasteiger partial charge on any atom is -0.491 e. The van der Waals surface area contributed by atoms with Gasteiger partial charge in [0.05, 0.1) is 17.7 Å². The van der Waals surface area contributed by atoms with Crippen LogP contribution in [0.15, 0.2) is 18.2 Å².